The molecule has 0 radical (unpaired) electrons. The van der Waals surface area contributed by atoms with Crippen LogP contribution in [-0.4, -0.2) is 26.8 Å². The van der Waals surface area contributed by atoms with Crippen LogP contribution in [0.15, 0.2) is 30.6 Å². The van der Waals surface area contributed by atoms with Crippen LogP contribution in [0.2, 0.25) is 0 Å². The Bertz CT molecular complexity index is 1100. The monoisotopic (exact) mass is 484 g/mol. The number of fused-ring (bicyclic) bond motifs is 1. The van der Waals surface area contributed by atoms with Crippen LogP contribution in [0.25, 0.3) is 16.6 Å². The van der Waals surface area contributed by atoms with Crippen LogP contribution in [0.5, 0.6) is 0 Å². The zero-order chi connectivity index (χ0) is 24.6. The summed E-state index contributed by atoms with van der Waals surface area (Å²) in [6, 6.07) is 1.32. The molecule has 0 bridgehead atoms. The summed E-state index contributed by atoms with van der Waals surface area (Å²) in [5.74, 6) is -2.11. The lowest BCUT2D eigenvalue weighted by molar-refractivity contribution is -0.165. The molecule has 2 unspecified atom stereocenters. The third kappa shape index (κ3) is 6.38. The zero-order valence-corrected chi connectivity index (χ0v) is 19.8. The molecule has 33 heavy (non-hydrogen) atoms. The first kappa shape index (κ1) is 25.3. The van der Waals surface area contributed by atoms with E-state index in [0.29, 0.717) is 41.4 Å². The van der Waals surface area contributed by atoms with E-state index in [1.54, 1.807) is 11.9 Å². The molecule has 2 aromatic heterocycles. The molecule has 5 nitrogen and oxygen atoms in total. The number of alkyl halides is 3. The second-order valence-electron chi connectivity index (χ2n) is 9.54. The number of nitrogens with zero attached hydrogens (tertiary/aromatic N) is 2. The number of carbonyl (C=O) groups is 1. The van der Waals surface area contributed by atoms with Gasteiger partial charge in [0.1, 0.15) is 17.2 Å². The number of hydrogen-bond acceptors (Lipinski definition) is 5. The van der Waals surface area contributed by atoms with Gasteiger partial charge >= 0.3 is 6.18 Å². The highest BCUT2D eigenvalue weighted by molar-refractivity contribution is 7.98. The second kappa shape index (κ2) is 9.50. The van der Waals surface area contributed by atoms with Crippen molar-refractivity contribution >= 4 is 34.3 Å². The van der Waals surface area contributed by atoms with E-state index in [-0.39, 0.29) is 16.7 Å². The Balaban J connectivity index is 1.98. The third-order valence-electron chi connectivity index (χ3n) is 5.21. The minimum Gasteiger partial charge on any atom is -0.404 e. The number of ketones is 1. The van der Waals surface area contributed by atoms with Gasteiger partial charge in [-0.05, 0) is 41.5 Å². The third-order valence-corrected chi connectivity index (χ3v) is 6.48. The average Bonchev–Trinajstić information content (AvgIpc) is 3.31. The average molecular weight is 485 g/mol. The van der Waals surface area contributed by atoms with E-state index in [1.165, 1.54) is 12.5 Å². The fraction of sp³-hybridized carbons (Fsp3) is 0.478. The van der Waals surface area contributed by atoms with E-state index in [4.69, 9.17) is 5.73 Å². The lowest BCUT2D eigenvalue weighted by Crippen LogP contribution is -2.20. The van der Waals surface area contributed by atoms with Crippen molar-refractivity contribution in [1.82, 2.24) is 14.3 Å². The molecule has 0 aliphatic heterocycles. The second-order valence-corrected chi connectivity index (χ2v) is 10.7. The maximum atomic E-state index is 15.0. The Labute approximate surface area is 194 Å². The van der Waals surface area contributed by atoms with Crippen LogP contribution in [0, 0.1) is 17.2 Å². The number of hydrogen-bond donors (Lipinski definition) is 2. The summed E-state index contributed by atoms with van der Waals surface area (Å²) in [5.41, 5.74) is 6.47. The number of nitrogens with two attached hydrogens (primary N) is 1. The van der Waals surface area contributed by atoms with Crippen LogP contribution in [-0.2, 0) is 17.9 Å². The minimum atomic E-state index is -5.02. The first-order valence-corrected chi connectivity index (χ1v) is 11.5. The van der Waals surface area contributed by atoms with E-state index in [9.17, 15) is 18.0 Å². The van der Waals surface area contributed by atoms with Gasteiger partial charge in [0.05, 0.1) is 0 Å². The SMILES string of the molecule is CC1CC1SNCc1cn(CC(C)(C)C)c2nc(C(/C=C\C(=O)C(F)(F)F)=C/N)c(F)cc12. The predicted octanol–water partition coefficient (Wildman–Crippen LogP) is 5.35. The predicted molar refractivity (Wildman–Crippen MR) is 124 cm³/mol. The quantitative estimate of drug-likeness (QED) is 0.229. The fourth-order valence-electron chi connectivity index (χ4n) is 3.38. The molecule has 0 aromatic carbocycles. The molecule has 3 rings (SSSR count). The molecule has 2 atom stereocenters. The van der Waals surface area contributed by atoms with Crippen molar-refractivity contribution in [2.75, 3.05) is 0 Å². The van der Waals surface area contributed by atoms with Gasteiger partial charge in [-0.2, -0.15) is 13.2 Å². The summed E-state index contributed by atoms with van der Waals surface area (Å²) in [5, 5.41) is 1.20. The lowest BCUT2D eigenvalue weighted by Gasteiger charge is -2.19. The minimum absolute atomic E-state index is 0.101. The largest absolute Gasteiger partial charge is 0.454 e. The summed E-state index contributed by atoms with van der Waals surface area (Å²) in [4.78, 5) is 15.6. The van der Waals surface area contributed by atoms with Gasteiger partial charge in [0.2, 0.25) is 0 Å². The van der Waals surface area contributed by atoms with Crippen LogP contribution in [0.1, 0.15) is 45.4 Å². The number of aromatic nitrogens is 2. The standard InChI is InChI=1S/C23H28F4N4OS/c1-13-7-18(13)33-29-10-15-11-31(12-22(2,3)4)21-16(15)8-17(24)20(30-21)14(9-28)5-6-19(32)23(25,26)27/h5-6,8-9,11,13,18,29H,7,10,12,28H2,1-4H3/b6-5-,14-9+. The molecule has 2 heterocycles. The Morgan fingerprint density at radius 3 is 2.55 bits per heavy atom. The van der Waals surface area contributed by atoms with Crippen LogP contribution < -0.4 is 10.5 Å². The maximum Gasteiger partial charge on any atom is 0.454 e. The summed E-state index contributed by atoms with van der Waals surface area (Å²) in [7, 11) is 0. The molecule has 10 heteroatoms. The van der Waals surface area contributed by atoms with Gasteiger partial charge in [-0.25, -0.2) is 9.37 Å². The Morgan fingerprint density at radius 1 is 1.33 bits per heavy atom. The molecule has 3 N–H and O–H groups in total. The summed E-state index contributed by atoms with van der Waals surface area (Å²) in [6.07, 6.45) is 0.159. The molecule has 0 spiro atoms. The molecule has 1 saturated carbocycles. The van der Waals surface area contributed by atoms with Crippen molar-refractivity contribution in [2.45, 2.75) is 58.6 Å². The Kier molecular flexibility index (Phi) is 7.28. The zero-order valence-electron chi connectivity index (χ0n) is 19.0. The molecule has 1 aliphatic rings. The van der Waals surface area contributed by atoms with Gasteiger partial charge < -0.3 is 10.3 Å². The number of nitrogens with one attached hydrogen (secondary N) is 1. The van der Waals surface area contributed by atoms with E-state index in [0.717, 1.165) is 17.8 Å². The number of pyridine rings is 1. The Hall–Kier alpha value is -2.33. The van der Waals surface area contributed by atoms with Gasteiger partial charge in [0.25, 0.3) is 5.78 Å². The smallest absolute Gasteiger partial charge is 0.404 e. The first-order chi connectivity index (χ1) is 15.3. The van der Waals surface area contributed by atoms with E-state index < -0.39 is 17.8 Å². The highest BCUT2D eigenvalue weighted by Gasteiger charge is 2.36. The van der Waals surface area contributed by atoms with Gasteiger partial charge in [0.15, 0.2) is 0 Å². The first-order valence-electron chi connectivity index (χ1n) is 10.6. The fourth-order valence-corrected chi connectivity index (χ4v) is 4.47. The lowest BCUT2D eigenvalue weighted by atomic mass is 9.97. The van der Waals surface area contributed by atoms with Crippen molar-refractivity contribution in [3.05, 3.63) is 47.7 Å². The molecule has 180 valence electrons. The Morgan fingerprint density at radius 2 is 2.00 bits per heavy atom. The molecular weight excluding hydrogens is 456 g/mol. The number of halogens is 4. The molecular formula is C23H28F4N4OS. The molecule has 1 aliphatic carbocycles. The van der Waals surface area contributed by atoms with Crippen molar-refractivity contribution in [3.63, 3.8) is 0 Å². The van der Waals surface area contributed by atoms with Crippen LogP contribution in [0.4, 0.5) is 17.6 Å². The highest BCUT2D eigenvalue weighted by atomic mass is 32.2. The number of allylic oxidation sites excluding steroid dienone is 3. The van der Waals surface area contributed by atoms with Gasteiger partial charge in [0, 0.05) is 41.7 Å². The van der Waals surface area contributed by atoms with Crippen LogP contribution in [0.3, 0.4) is 0 Å². The molecule has 1 fully saturated rings. The highest BCUT2D eigenvalue weighted by Crippen LogP contribution is 2.39. The van der Waals surface area contributed by atoms with E-state index in [2.05, 4.69) is 37.4 Å². The maximum absolute atomic E-state index is 15.0. The van der Waals surface area contributed by atoms with Crippen molar-refractivity contribution in [1.29, 1.82) is 0 Å². The van der Waals surface area contributed by atoms with Gasteiger partial charge in [-0.1, -0.05) is 39.6 Å². The van der Waals surface area contributed by atoms with Gasteiger partial charge in [-0.15, -0.1) is 0 Å². The van der Waals surface area contributed by atoms with E-state index >= 15 is 4.39 Å². The molecule has 2 aromatic rings. The number of carbonyl (C=O) groups excluding carboxylic acids is 1. The summed E-state index contributed by atoms with van der Waals surface area (Å²) >= 11 is 1.67. The van der Waals surface area contributed by atoms with Gasteiger partial charge in [-0.3, -0.25) is 9.52 Å². The normalized spacial score (nSPS) is 19.6. The summed E-state index contributed by atoms with van der Waals surface area (Å²) in [6.45, 7) is 9.47. The van der Waals surface area contributed by atoms with Crippen molar-refractivity contribution < 1.29 is 22.4 Å². The van der Waals surface area contributed by atoms with Crippen molar-refractivity contribution in [2.24, 2.45) is 17.1 Å². The molecule has 0 saturated heterocycles. The summed E-state index contributed by atoms with van der Waals surface area (Å²) < 4.78 is 57.9. The van der Waals surface area contributed by atoms with E-state index in [1.807, 2.05) is 10.8 Å². The number of rotatable bonds is 8. The van der Waals surface area contributed by atoms with Crippen LogP contribution >= 0.6 is 11.9 Å². The molecule has 0 amide bonds. The van der Waals surface area contributed by atoms with Crippen molar-refractivity contribution in [3.8, 4) is 0 Å². The topological polar surface area (TPSA) is 72.9 Å².